The average Bonchev–Trinajstić information content (AvgIpc) is 3.01. The molecule has 2 N–H and O–H groups in total. The third-order valence-electron chi connectivity index (χ3n) is 3.82. The molecular formula is C17H15N3O2. The number of amides is 1. The summed E-state index contributed by atoms with van der Waals surface area (Å²) in [5.74, 6) is 0.360. The Morgan fingerprint density at radius 2 is 1.64 bits per heavy atom. The molecule has 0 radical (unpaired) electrons. The smallest absolute Gasteiger partial charge is 0.266 e. The lowest BCUT2D eigenvalue weighted by atomic mass is 10.1. The van der Waals surface area contributed by atoms with Crippen molar-refractivity contribution < 1.29 is 9.53 Å². The Balaban J connectivity index is 1.60. The summed E-state index contributed by atoms with van der Waals surface area (Å²) >= 11 is 0. The van der Waals surface area contributed by atoms with Gasteiger partial charge in [0, 0.05) is 5.56 Å². The first-order valence-corrected chi connectivity index (χ1v) is 7.22. The van der Waals surface area contributed by atoms with Crippen LogP contribution in [-0.4, -0.2) is 24.1 Å². The summed E-state index contributed by atoms with van der Waals surface area (Å²) in [5, 5.41) is 6.25. The number of carbonyl (C=O) groups excluding carboxylic acids is 1. The Kier molecular flexibility index (Phi) is 3.12. The summed E-state index contributed by atoms with van der Waals surface area (Å²) < 4.78 is 5.72. The van der Waals surface area contributed by atoms with E-state index in [0.29, 0.717) is 5.90 Å². The lowest BCUT2D eigenvalue weighted by Crippen LogP contribution is -2.58. The molecule has 2 aliphatic heterocycles. The van der Waals surface area contributed by atoms with Gasteiger partial charge in [-0.2, -0.15) is 0 Å². The molecule has 0 saturated carbocycles. The Hall–Kier alpha value is -2.66. The highest BCUT2D eigenvalue weighted by Crippen LogP contribution is 2.24. The van der Waals surface area contributed by atoms with Gasteiger partial charge in [0.15, 0.2) is 6.17 Å². The van der Waals surface area contributed by atoms with E-state index in [-0.39, 0.29) is 18.2 Å². The quantitative estimate of drug-likeness (QED) is 0.883. The fourth-order valence-electron chi connectivity index (χ4n) is 2.72. The highest BCUT2D eigenvalue weighted by atomic mass is 16.5. The van der Waals surface area contributed by atoms with Crippen LogP contribution in [0, 0.1) is 0 Å². The van der Waals surface area contributed by atoms with Crippen LogP contribution in [0.25, 0.3) is 0 Å². The summed E-state index contributed by atoms with van der Waals surface area (Å²) in [6, 6.07) is 19.4. The molecule has 0 aliphatic carbocycles. The molecule has 0 bridgehead atoms. The van der Waals surface area contributed by atoms with E-state index in [2.05, 4.69) is 15.6 Å². The van der Waals surface area contributed by atoms with E-state index in [1.807, 2.05) is 60.7 Å². The van der Waals surface area contributed by atoms with Crippen LogP contribution in [0.15, 0.2) is 65.7 Å². The summed E-state index contributed by atoms with van der Waals surface area (Å²) in [4.78, 5) is 16.8. The van der Waals surface area contributed by atoms with Crippen molar-refractivity contribution in [1.82, 2.24) is 10.6 Å². The van der Waals surface area contributed by atoms with Crippen LogP contribution in [-0.2, 0) is 9.53 Å². The molecule has 1 saturated heterocycles. The number of rotatable bonds is 2. The van der Waals surface area contributed by atoms with Gasteiger partial charge in [0.05, 0.1) is 0 Å². The monoisotopic (exact) mass is 293 g/mol. The topological polar surface area (TPSA) is 62.7 Å². The van der Waals surface area contributed by atoms with Crippen molar-refractivity contribution in [1.29, 1.82) is 0 Å². The molecule has 0 aromatic heterocycles. The average molecular weight is 293 g/mol. The third kappa shape index (κ3) is 2.25. The number of carbonyl (C=O) groups is 1. The first-order chi connectivity index (χ1) is 10.8. The lowest BCUT2D eigenvalue weighted by molar-refractivity contribution is -0.132. The maximum atomic E-state index is 12.3. The van der Waals surface area contributed by atoms with Gasteiger partial charge < -0.3 is 10.1 Å². The second-order valence-corrected chi connectivity index (χ2v) is 5.30. The molecule has 3 atom stereocenters. The van der Waals surface area contributed by atoms with Crippen LogP contribution in [0.5, 0.6) is 0 Å². The highest BCUT2D eigenvalue weighted by molar-refractivity contribution is 5.98. The van der Waals surface area contributed by atoms with Gasteiger partial charge in [0.25, 0.3) is 5.91 Å². The van der Waals surface area contributed by atoms with Crippen molar-refractivity contribution in [2.75, 3.05) is 0 Å². The molecule has 2 aromatic carbocycles. The Labute approximate surface area is 128 Å². The second-order valence-electron chi connectivity index (χ2n) is 5.30. The van der Waals surface area contributed by atoms with E-state index in [4.69, 9.17) is 4.74 Å². The van der Waals surface area contributed by atoms with Crippen LogP contribution in [0.4, 0.5) is 0 Å². The number of hydrogen-bond donors (Lipinski definition) is 2. The van der Waals surface area contributed by atoms with Gasteiger partial charge in [-0.25, -0.2) is 4.99 Å². The van der Waals surface area contributed by atoms with Gasteiger partial charge in [0.2, 0.25) is 12.0 Å². The van der Waals surface area contributed by atoms with Crippen molar-refractivity contribution in [2.24, 2.45) is 4.99 Å². The van der Waals surface area contributed by atoms with Crippen LogP contribution < -0.4 is 10.6 Å². The predicted molar refractivity (Wildman–Crippen MR) is 82.1 cm³/mol. The van der Waals surface area contributed by atoms with Gasteiger partial charge in [-0.05, 0) is 17.7 Å². The number of fused-ring (bicyclic) bond motifs is 1. The maximum Gasteiger partial charge on any atom is 0.266 e. The van der Waals surface area contributed by atoms with Crippen molar-refractivity contribution in [3.05, 3.63) is 71.8 Å². The minimum absolute atomic E-state index is 0.146. The zero-order valence-corrected chi connectivity index (χ0v) is 11.8. The van der Waals surface area contributed by atoms with E-state index >= 15 is 0 Å². The van der Waals surface area contributed by atoms with Crippen LogP contribution in [0.2, 0.25) is 0 Å². The number of nitrogens with one attached hydrogen (secondary N) is 2. The summed E-state index contributed by atoms with van der Waals surface area (Å²) in [7, 11) is 0. The first kappa shape index (κ1) is 13.0. The fourth-order valence-corrected chi connectivity index (χ4v) is 2.72. The molecule has 5 heteroatoms. The van der Waals surface area contributed by atoms with Gasteiger partial charge in [0.1, 0.15) is 6.17 Å². The predicted octanol–water partition coefficient (Wildman–Crippen LogP) is 1.58. The van der Waals surface area contributed by atoms with Gasteiger partial charge in [-0.15, -0.1) is 0 Å². The largest absolute Gasteiger partial charge is 0.460 e. The number of ether oxygens (including phenoxy) is 1. The third-order valence-corrected chi connectivity index (χ3v) is 3.82. The summed E-state index contributed by atoms with van der Waals surface area (Å²) in [6.07, 6.45) is -1.23. The Morgan fingerprint density at radius 1 is 0.955 bits per heavy atom. The molecule has 1 amide bonds. The van der Waals surface area contributed by atoms with Crippen LogP contribution in [0.1, 0.15) is 17.3 Å². The van der Waals surface area contributed by atoms with E-state index in [0.717, 1.165) is 11.1 Å². The molecule has 3 unspecified atom stereocenters. The summed E-state index contributed by atoms with van der Waals surface area (Å²) in [6.45, 7) is 0. The normalized spacial score (nSPS) is 26.6. The number of nitrogens with zero attached hydrogens (tertiary/aromatic N) is 1. The van der Waals surface area contributed by atoms with Crippen molar-refractivity contribution in [3.8, 4) is 0 Å². The zero-order valence-electron chi connectivity index (χ0n) is 11.8. The number of hydrogen-bond acceptors (Lipinski definition) is 4. The highest BCUT2D eigenvalue weighted by Gasteiger charge is 2.43. The maximum absolute atomic E-state index is 12.3. The van der Waals surface area contributed by atoms with Crippen molar-refractivity contribution >= 4 is 11.8 Å². The molecule has 2 aliphatic rings. The van der Waals surface area contributed by atoms with Gasteiger partial charge in [-0.3, -0.25) is 10.1 Å². The minimum Gasteiger partial charge on any atom is -0.460 e. The van der Waals surface area contributed by atoms with E-state index < -0.39 is 6.10 Å². The molecule has 1 fully saturated rings. The molecule has 5 nitrogen and oxygen atoms in total. The summed E-state index contributed by atoms with van der Waals surface area (Å²) in [5.41, 5.74) is 1.88. The van der Waals surface area contributed by atoms with Gasteiger partial charge in [-0.1, -0.05) is 48.5 Å². The Bertz CT molecular complexity index is 715. The standard InChI is InChI=1S/C17H15N3O2/c21-16-13-15(18-14(19-16)11-7-3-1-4-8-11)20-17(22-13)12-9-5-2-6-10-12/h1-10,13-15,18H,(H,19,21). The molecular weight excluding hydrogens is 278 g/mol. The van der Waals surface area contributed by atoms with Crippen molar-refractivity contribution in [3.63, 3.8) is 0 Å². The van der Waals surface area contributed by atoms with Gasteiger partial charge >= 0.3 is 0 Å². The molecule has 110 valence electrons. The number of aliphatic imine (C=N–C) groups is 1. The molecule has 2 heterocycles. The Morgan fingerprint density at radius 3 is 2.36 bits per heavy atom. The SMILES string of the molecule is O=C1NC(c2ccccc2)NC2N=C(c3ccccc3)OC12. The molecule has 0 spiro atoms. The van der Waals surface area contributed by atoms with E-state index in [1.54, 1.807) is 0 Å². The fraction of sp³-hybridized carbons (Fsp3) is 0.176. The van der Waals surface area contributed by atoms with Crippen LogP contribution in [0.3, 0.4) is 0 Å². The molecule has 4 rings (SSSR count). The molecule has 22 heavy (non-hydrogen) atoms. The first-order valence-electron chi connectivity index (χ1n) is 7.22. The van der Waals surface area contributed by atoms with E-state index in [1.165, 1.54) is 0 Å². The van der Waals surface area contributed by atoms with E-state index in [9.17, 15) is 4.79 Å². The second kappa shape index (κ2) is 5.27. The zero-order chi connectivity index (χ0) is 14.9. The van der Waals surface area contributed by atoms with Crippen LogP contribution >= 0.6 is 0 Å². The number of benzene rings is 2. The minimum atomic E-state index is -0.616. The lowest BCUT2D eigenvalue weighted by Gasteiger charge is -2.31. The van der Waals surface area contributed by atoms with Crippen molar-refractivity contribution in [2.45, 2.75) is 18.4 Å². The molecule has 2 aromatic rings.